The van der Waals surface area contributed by atoms with Gasteiger partial charge >= 0.3 is 0 Å². The largest absolute Gasteiger partial charge is 0.362 e. The first-order valence-corrected chi connectivity index (χ1v) is 8.52. The summed E-state index contributed by atoms with van der Waals surface area (Å²) in [6.07, 6.45) is 9.71. The van der Waals surface area contributed by atoms with Crippen LogP contribution in [0.5, 0.6) is 0 Å². The molecule has 3 aliphatic rings. The Morgan fingerprint density at radius 1 is 1.17 bits per heavy atom. The fourth-order valence-electron chi connectivity index (χ4n) is 3.81. The first kappa shape index (κ1) is 12.8. The van der Waals surface area contributed by atoms with E-state index in [1.807, 2.05) is 11.8 Å². The summed E-state index contributed by atoms with van der Waals surface area (Å²) in [7, 11) is 0. The van der Waals surface area contributed by atoms with Crippen LogP contribution in [0, 0.1) is 10.8 Å². The predicted molar refractivity (Wildman–Crippen MR) is 80.2 cm³/mol. The second-order valence-electron chi connectivity index (χ2n) is 7.19. The van der Waals surface area contributed by atoms with Gasteiger partial charge in [-0.1, -0.05) is 44.9 Å². The van der Waals surface area contributed by atoms with Crippen molar-refractivity contribution in [1.82, 2.24) is 5.32 Å². The van der Waals surface area contributed by atoms with E-state index in [2.05, 4.69) is 19.2 Å². The molecule has 0 amide bonds. The molecule has 102 valence electrons. The van der Waals surface area contributed by atoms with Crippen molar-refractivity contribution in [3.63, 3.8) is 0 Å². The first-order chi connectivity index (χ1) is 8.60. The molecule has 2 saturated carbocycles. The summed E-state index contributed by atoms with van der Waals surface area (Å²) < 4.78 is 0. The number of hydrogen-bond donors (Lipinski definition) is 1. The van der Waals surface area contributed by atoms with Gasteiger partial charge in [0.25, 0.3) is 0 Å². The number of amidine groups is 1. The van der Waals surface area contributed by atoms with Gasteiger partial charge < -0.3 is 5.32 Å². The molecule has 0 aromatic carbocycles. The fourth-order valence-corrected chi connectivity index (χ4v) is 5.01. The van der Waals surface area contributed by atoms with Crippen LogP contribution >= 0.6 is 11.8 Å². The molecule has 0 radical (unpaired) electrons. The lowest BCUT2D eigenvalue weighted by atomic mass is 9.87. The van der Waals surface area contributed by atoms with E-state index in [1.165, 1.54) is 55.9 Å². The van der Waals surface area contributed by atoms with E-state index in [0.717, 1.165) is 6.54 Å². The van der Waals surface area contributed by atoms with Gasteiger partial charge in [0, 0.05) is 18.3 Å². The number of nitrogens with zero attached hydrogens (tertiary/aromatic N) is 1. The molecule has 18 heavy (non-hydrogen) atoms. The summed E-state index contributed by atoms with van der Waals surface area (Å²) in [6, 6.07) is 0.640. The van der Waals surface area contributed by atoms with Gasteiger partial charge in [0.1, 0.15) is 0 Å². The highest BCUT2D eigenvalue weighted by Gasteiger charge is 2.39. The Kier molecular flexibility index (Phi) is 3.38. The van der Waals surface area contributed by atoms with Crippen molar-refractivity contribution in [2.24, 2.45) is 15.8 Å². The second kappa shape index (κ2) is 4.73. The van der Waals surface area contributed by atoms with Crippen LogP contribution in [0.3, 0.4) is 0 Å². The Hall–Kier alpha value is -0.180. The van der Waals surface area contributed by atoms with Gasteiger partial charge in [-0.15, -0.1) is 0 Å². The molecule has 1 spiro atoms. The van der Waals surface area contributed by atoms with Crippen LogP contribution in [-0.2, 0) is 0 Å². The van der Waals surface area contributed by atoms with Gasteiger partial charge in [-0.3, -0.25) is 4.99 Å². The van der Waals surface area contributed by atoms with Crippen LogP contribution in [-0.4, -0.2) is 23.5 Å². The highest BCUT2D eigenvalue weighted by Crippen LogP contribution is 2.44. The predicted octanol–water partition coefficient (Wildman–Crippen LogP) is 3.82. The van der Waals surface area contributed by atoms with Crippen LogP contribution in [0.15, 0.2) is 4.99 Å². The SMILES string of the molecule is CC1(C)CCCC1NC1=NCC2(CCCC2)CS1. The average Bonchev–Trinajstić information content (AvgIpc) is 2.91. The standard InChI is InChI=1S/C15H26N2S/c1-14(2)7-5-6-12(14)17-13-16-10-15(11-18-13)8-3-4-9-15/h12H,3-11H2,1-2H3,(H,16,17). The van der Waals surface area contributed by atoms with Gasteiger partial charge in [0.15, 0.2) is 5.17 Å². The molecule has 0 saturated heterocycles. The molecular formula is C15H26N2S. The summed E-state index contributed by atoms with van der Waals surface area (Å²) in [6.45, 7) is 5.86. The number of hydrogen-bond acceptors (Lipinski definition) is 3. The van der Waals surface area contributed by atoms with Crippen molar-refractivity contribution in [2.45, 2.75) is 64.8 Å². The summed E-state index contributed by atoms with van der Waals surface area (Å²) in [5, 5.41) is 4.96. The molecule has 2 nitrogen and oxygen atoms in total. The Morgan fingerprint density at radius 2 is 1.94 bits per heavy atom. The van der Waals surface area contributed by atoms with Crippen LogP contribution in [0.2, 0.25) is 0 Å². The third-order valence-electron chi connectivity index (χ3n) is 5.29. The lowest BCUT2D eigenvalue weighted by Crippen LogP contribution is -2.43. The van der Waals surface area contributed by atoms with E-state index >= 15 is 0 Å². The maximum atomic E-state index is 4.86. The molecule has 2 aliphatic carbocycles. The molecule has 0 bridgehead atoms. The minimum atomic E-state index is 0.450. The van der Waals surface area contributed by atoms with Crippen LogP contribution in [0.1, 0.15) is 58.8 Å². The molecule has 1 aliphatic heterocycles. The monoisotopic (exact) mass is 266 g/mol. The van der Waals surface area contributed by atoms with Gasteiger partial charge in [0.2, 0.25) is 0 Å². The van der Waals surface area contributed by atoms with E-state index < -0.39 is 0 Å². The maximum absolute atomic E-state index is 4.86. The molecular weight excluding hydrogens is 240 g/mol. The summed E-state index contributed by atoms with van der Waals surface area (Å²) in [4.78, 5) is 4.86. The van der Waals surface area contributed by atoms with E-state index in [-0.39, 0.29) is 0 Å². The van der Waals surface area contributed by atoms with Gasteiger partial charge in [-0.05, 0) is 36.5 Å². The highest BCUT2D eigenvalue weighted by molar-refractivity contribution is 8.13. The third kappa shape index (κ3) is 2.43. The molecule has 1 heterocycles. The molecule has 0 aromatic rings. The average molecular weight is 266 g/mol. The van der Waals surface area contributed by atoms with Crippen molar-refractivity contribution >= 4 is 16.9 Å². The van der Waals surface area contributed by atoms with Crippen molar-refractivity contribution in [3.8, 4) is 0 Å². The van der Waals surface area contributed by atoms with E-state index in [9.17, 15) is 0 Å². The molecule has 1 unspecified atom stereocenters. The minimum absolute atomic E-state index is 0.450. The molecule has 2 fully saturated rings. The zero-order chi connectivity index (χ0) is 12.6. The van der Waals surface area contributed by atoms with E-state index in [0.29, 0.717) is 16.9 Å². The normalized spacial score (nSPS) is 33.7. The smallest absolute Gasteiger partial charge is 0.156 e. The Morgan fingerprint density at radius 3 is 2.50 bits per heavy atom. The first-order valence-electron chi connectivity index (χ1n) is 7.54. The molecule has 1 N–H and O–H groups in total. The number of thioether (sulfide) groups is 1. The van der Waals surface area contributed by atoms with E-state index in [1.54, 1.807) is 0 Å². The van der Waals surface area contributed by atoms with Gasteiger partial charge in [0.05, 0.1) is 0 Å². The molecule has 1 atom stereocenters. The minimum Gasteiger partial charge on any atom is -0.362 e. The molecule has 0 aromatic heterocycles. The number of aliphatic imine (C=N–C) groups is 1. The van der Waals surface area contributed by atoms with Crippen molar-refractivity contribution in [2.75, 3.05) is 12.3 Å². The quantitative estimate of drug-likeness (QED) is 0.780. The number of nitrogens with one attached hydrogen (secondary N) is 1. The summed E-state index contributed by atoms with van der Waals surface area (Å²) >= 11 is 1.99. The molecule has 3 heteroatoms. The number of rotatable bonds is 1. The topological polar surface area (TPSA) is 24.4 Å². The van der Waals surface area contributed by atoms with Crippen molar-refractivity contribution in [1.29, 1.82) is 0 Å². The summed E-state index contributed by atoms with van der Waals surface area (Å²) in [5.74, 6) is 1.30. The maximum Gasteiger partial charge on any atom is 0.156 e. The van der Waals surface area contributed by atoms with Crippen LogP contribution in [0.4, 0.5) is 0 Å². The third-order valence-corrected chi connectivity index (χ3v) is 6.57. The van der Waals surface area contributed by atoms with Gasteiger partial charge in [-0.25, -0.2) is 0 Å². The second-order valence-corrected chi connectivity index (χ2v) is 8.16. The van der Waals surface area contributed by atoms with Crippen LogP contribution < -0.4 is 5.32 Å². The Labute approximate surface area is 115 Å². The Balaban J connectivity index is 1.60. The van der Waals surface area contributed by atoms with Crippen molar-refractivity contribution < 1.29 is 0 Å². The zero-order valence-electron chi connectivity index (χ0n) is 11.8. The fraction of sp³-hybridized carbons (Fsp3) is 0.933. The van der Waals surface area contributed by atoms with Gasteiger partial charge in [-0.2, -0.15) is 0 Å². The highest BCUT2D eigenvalue weighted by atomic mass is 32.2. The van der Waals surface area contributed by atoms with E-state index in [4.69, 9.17) is 4.99 Å². The zero-order valence-corrected chi connectivity index (χ0v) is 12.6. The Bertz CT molecular complexity index is 342. The lowest BCUT2D eigenvalue weighted by molar-refractivity contribution is 0.310. The summed E-state index contributed by atoms with van der Waals surface area (Å²) in [5.41, 5.74) is 1.02. The van der Waals surface area contributed by atoms with Crippen molar-refractivity contribution in [3.05, 3.63) is 0 Å². The lowest BCUT2D eigenvalue weighted by Gasteiger charge is -2.34. The molecule has 3 rings (SSSR count). The van der Waals surface area contributed by atoms with Crippen LogP contribution in [0.25, 0.3) is 0 Å².